The van der Waals surface area contributed by atoms with Crippen molar-refractivity contribution in [2.45, 2.75) is 32.7 Å². The van der Waals surface area contributed by atoms with Gasteiger partial charge in [0.15, 0.2) is 0 Å². The normalized spacial score (nSPS) is 15.9. The molecule has 164 valence electrons. The van der Waals surface area contributed by atoms with E-state index in [1.807, 2.05) is 6.92 Å². The topological polar surface area (TPSA) is 71.2 Å². The van der Waals surface area contributed by atoms with Gasteiger partial charge in [-0.3, -0.25) is 14.5 Å². The first-order chi connectivity index (χ1) is 15.2. The minimum Gasteiger partial charge on any atom is -0.392 e. The van der Waals surface area contributed by atoms with Crippen molar-refractivity contribution in [3.63, 3.8) is 0 Å². The summed E-state index contributed by atoms with van der Waals surface area (Å²) in [6.45, 7) is 3.74. The number of anilines is 1. The van der Waals surface area contributed by atoms with Crippen LogP contribution in [0.15, 0.2) is 42.7 Å². The van der Waals surface area contributed by atoms with Crippen molar-refractivity contribution in [2.24, 2.45) is 0 Å². The van der Waals surface area contributed by atoms with E-state index in [4.69, 9.17) is 0 Å². The van der Waals surface area contributed by atoms with Gasteiger partial charge >= 0.3 is 6.18 Å². The first-order valence-electron chi connectivity index (χ1n) is 9.84. The number of hydrogen-bond donors (Lipinski definition) is 1. The molecule has 1 aliphatic rings. The van der Waals surface area contributed by atoms with Crippen LogP contribution in [0, 0.1) is 18.8 Å². The largest absolute Gasteiger partial charge is 0.416 e. The van der Waals surface area contributed by atoms with E-state index in [2.05, 4.69) is 21.9 Å². The summed E-state index contributed by atoms with van der Waals surface area (Å²) in [5, 5.41) is 13.8. The Morgan fingerprint density at radius 1 is 1.16 bits per heavy atom. The molecule has 1 aromatic carbocycles. The summed E-state index contributed by atoms with van der Waals surface area (Å²) in [5.41, 5.74) is 2.16. The van der Waals surface area contributed by atoms with E-state index in [0.29, 0.717) is 22.4 Å². The highest BCUT2D eigenvalue weighted by atomic mass is 19.4. The number of carbonyl (C=O) groups excluding carboxylic acids is 1. The van der Waals surface area contributed by atoms with Gasteiger partial charge in [0.05, 0.1) is 30.0 Å². The van der Waals surface area contributed by atoms with Crippen molar-refractivity contribution in [3.8, 4) is 11.8 Å². The average molecular weight is 440 g/mol. The summed E-state index contributed by atoms with van der Waals surface area (Å²) in [7, 11) is 0. The number of amides is 1. The number of aliphatic hydroxyl groups excluding tert-OH is 1. The molecule has 0 radical (unpaired) electrons. The predicted molar refractivity (Wildman–Crippen MR) is 111 cm³/mol. The van der Waals surface area contributed by atoms with Crippen LogP contribution in [-0.4, -0.2) is 32.3 Å². The number of alkyl halides is 3. The number of benzene rings is 1. The van der Waals surface area contributed by atoms with Crippen LogP contribution in [0.3, 0.4) is 0 Å². The molecule has 2 aromatic heterocycles. The van der Waals surface area contributed by atoms with Gasteiger partial charge in [-0.15, -0.1) is 0 Å². The van der Waals surface area contributed by atoms with Crippen LogP contribution in [-0.2, 0) is 12.8 Å². The molecular weight excluding hydrogens is 421 g/mol. The van der Waals surface area contributed by atoms with Gasteiger partial charge < -0.3 is 10.0 Å². The Kier molecular flexibility index (Phi) is 5.48. The molecule has 0 saturated carbocycles. The second-order valence-corrected chi connectivity index (χ2v) is 7.55. The van der Waals surface area contributed by atoms with Gasteiger partial charge in [-0.25, -0.2) is 0 Å². The number of rotatable bonds is 2. The summed E-state index contributed by atoms with van der Waals surface area (Å²) >= 11 is 0. The summed E-state index contributed by atoms with van der Waals surface area (Å²) in [5.74, 6) is 5.48. The number of nitrogens with zero attached hydrogens (tertiary/aromatic N) is 4. The zero-order valence-corrected chi connectivity index (χ0v) is 17.3. The van der Waals surface area contributed by atoms with E-state index in [-0.39, 0.29) is 24.9 Å². The average Bonchev–Trinajstić information content (AvgIpc) is 3.20. The first-order valence-corrected chi connectivity index (χ1v) is 9.84. The number of aromatic nitrogens is 3. The second kappa shape index (κ2) is 8.13. The highest BCUT2D eigenvalue weighted by Crippen LogP contribution is 2.32. The maximum atomic E-state index is 13.2. The fourth-order valence-corrected chi connectivity index (χ4v) is 3.60. The van der Waals surface area contributed by atoms with E-state index in [9.17, 15) is 23.1 Å². The third-order valence-corrected chi connectivity index (χ3v) is 5.24. The SMILES string of the molecule is Cc1cc(CO)c(C#Cc2cnn3c2C(=O)N(c2ccc(C(F)(F)F)cc2)C[C@@H]3C)cn1. The molecule has 0 spiro atoms. The maximum absolute atomic E-state index is 13.2. The van der Waals surface area contributed by atoms with Crippen molar-refractivity contribution in [2.75, 3.05) is 11.4 Å². The zero-order valence-electron chi connectivity index (χ0n) is 17.3. The van der Waals surface area contributed by atoms with Crippen molar-refractivity contribution < 1.29 is 23.1 Å². The zero-order chi connectivity index (χ0) is 23.0. The lowest BCUT2D eigenvalue weighted by atomic mass is 10.1. The molecule has 6 nitrogen and oxygen atoms in total. The van der Waals surface area contributed by atoms with Crippen LogP contribution in [0.5, 0.6) is 0 Å². The lowest BCUT2D eigenvalue weighted by Crippen LogP contribution is -2.43. The van der Waals surface area contributed by atoms with Gasteiger partial charge in [-0.1, -0.05) is 11.8 Å². The fourth-order valence-electron chi connectivity index (χ4n) is 3.60. The van der Waals surface area contributed by atoms with Crippen LogP contribution < -0.4 is 4.90 Å². The van der Waals surface area contributed by atoms with E-state index < -0.39 is 17.6 Å². The fraction of sp³-hybridized carbons (Fsp3) is 0.261. The standard InChI is InChI=1S/C23H19F3N4O2/c1-14-9-18(13-31)16(10-27-14)3-4-17-11-28-30-15(2)12-29(22(32)21(17)30)20-7-5-19(6-8-20)23(24,25)26/h5-11,15,31H,12-13H2,1-2H3/t15-/m0/s1. The van der Waals surface area contributed by atoms with Gasteiger partial charge in [0.2, 0.25) is 0 Å². The third kappa shape index (κ3) is 3.97. The predicted octanol–water partition coefficient (Wildman–Crippen LogP) is 3.72. The lowest BCUT2D eigenvalue weighted by molar-refractivity contribution is -0.137. The van der Waals surface area contributed by atoms with Crippen molar-refractivity contribution in [1.82, 2.24) is 14.8 Å². The van der Waals surface area contributed by atoms with E-state index in [0.717, 1.165) is 17.8 Å². The molecule has 9 heteroatoms. The van der Waals surface area contributed by atoms with Crippen LogP contribution in [0.25, 0.3) is 0 Å². The number of fused-ring (bicyclic) bond motifs is 1. The monoisotopic (exact) mass is 440 g/mol. The maximum Gasteiger partial charge on any atom is 0.416 e. The lowest BCUT2D eigenvalue weighted by Gasteiger charge is -2.32. The Morgan fingerprint density at radius 2 is 1.84 bits per heavy atom. The van der Waals surface area contributed by atoms with Gasteiger partial charge in [0.1, 0.15) is 5.69 Å². The molecule has 0 unspecified atom stereocenters. The molecule has 0 bridgehead atoms. The molecule has 0 aliphatic carbocycles. The van der Waals surface area contributed by atoms with Crippen LogP contribution in [0.4, 0.5) is 18.9 Å². The molecule has 1 atom stereocenters. The highest BCUT2D eigenvalue weighted by Gasteiger charge is 2.34. The van der Waals surface area contributed by atoms with E-state index in [1.54, 1.807) is 23.9 Å². The van der Waals surface area contributed by atoms with Crippen molar-refractivity contribution >= 4 is 11.6 Å². The van der Waals surface area contributed by atoms with Crippen LogP contribution in [0.1, 0.15) is 51.4 Å². The Labute approximate surface area is 182 Å². The minimum atomic E-state index is -4.45. The number of hydrogen-bond acceptors (Lipinski definition) is 4. The molecule has 1 N–H and O–H groups in total. The first kappa shape index (κ1) is 21.6. The number of halogens is 3. The summed E-state index contributed by atoms with van der Waals surface area (Å²) in [4.78, 5) is 18.8. The molecular formula is C23H19F3N4O2. The molecule has 1 amide bonds. The number of aryl methyl sites for hydroxylation is 1. The summed E-state index contributed by atoms with van der Waals surface area (Å²) in [6.07, 6.45) is -1.40. The van der Waals surface area contributed by atoms with Crippen LogP contribution in [0.2, 0.25) is 0 Å². The van der Waals surface area contributed by atoms with E-state index in [1.165, 1.54) is 23.2 Å². The van der Waals surface area contributed by atoms with Crippen LogP contribution >= 0.6 is 0 Å². The molecule has 3 heterocycles. The third-order valence-electron chi connectivity index (χ3n) is 5.24. The van der Waals surface area contributed by atoms with Gasteiger partial charge in [-0.05, 0) is 49.7 Å². The Bertz CT molecular complexity index is 1240. The highest BCUT2D eigenvalue weighted by molar-refractivity contribution is 6.07. The quantitative estimate of drug-likeness (QED) is 0.617. The number of aliphatic hydroxyl groups is 1. The smallest absolute Gasteiger partial charge is 0.392 e. The van der Waals surface area contributed by atoms with Crippen molar-refractivity contribution in [1.29, 1.82) is 0 Å². The summed E-state index contributed by atoms with van der Waals surface area (Å²) in [6, 6.07) is 6.03. The molecule has 0 fully saturated rings. The van der Waals surface area contributed by atoms with Crippen molar-refractivity contribution in [3.05, 3.63) is 76.4 Å². The molecule has 32 heavy (non-hydrogen) atoms. The minimum absolute atomic E-state index is 0.197. The molecule has 1 aliphatic heterocycles. The Balaban J connectivity index is 1.69. The molecule has 3 aromatic rings. The Hall–Kier alpha value is -3.64. The summed E-state index contributed by atoms with van der Waals surface area (Å²) < 4.78 is 40.2. The van der Waals surface area contributed by atoms with E-state index >= 15 is 0 Å². The Morgan fingerprint density at radius 3 is 2.50 bits per heavy atom. The van der Waals surface area contributed by atoms with Gasteiger partial charge in [-0.2, -0.15) is 18.3 Å². The van der Waals surface area contributed by atoms with Gasteiger partial charge in [0.25, 0.3) is 5.91 Å². The molecule has 0 saturated heterocycles. The number of pyridine rings is 1. The second-order valence-electron chi connectivity index (χ2n) is 7.55. The number of carbonyl (C=O) groups is 1. The van der Waals surface area contributed by atoms with Gasteiger partial charge in [0, 0.05) is 29.7 Å². The molecule has 4 rings (SSSR count).